The van der Waals surface area contributed by atoms with E-state index in [0.29, 0.717) is 39.0 Å². The molecule has 21 heavy (non-hydrogen) atoms. The summed E-state index contributed by atoms with van der Waals surface area (Å²) >= 11 is 0. The fourth-order valence-corrected chi connectivity index (χ4v) is 3.95. The molecular formula is C14H21FN2O3S. The maximum Gasteiger partial charge on any atom is 0.214 e. The van der Waals surface area contributed by atoms with Crippen LogP contribution in [0, 0.1) is 5.82 Å². The van der Waals surface area contributed by atoms with Gasteiger partial charge in [0.1, 0.15) is 5.82 Å². The van der Waals surface area contributed by atoms with Crippen LogP contribution in [0.5, 0.6) is 0 Å². The fraction of sp³-hybridized carbons (Fsp3) is 0.571. The quantitative estimate of drug-likeness (QED) is 0.797. The maximum atomic E-state index is 12.9. The summed E-state index contributed by atoms with van der Waals surface area (Å²) in [5.74, 6) is -0.187. The van der Waals surface area contributed by atoms with Gasteiger partial charge in [0.15, 0.2) is 0 Å². The number of aliphatic hydroxyl groups excluding tert-OH is 1. The van der Waals surface area contributed by atoms with E-state index >= 15 is 0 Å². The molecule has 0 radical (unpaired) electrons. The van der Waals surface area contributed by atoms with Gasteiger partial charge in [-0.2, -0.15) is 4.31 Å². The molecule has 0 aliphatic carbocycles. The molecule has 0 amide bonds. The van der Waals surface area contributed by atoms with E-state index in [4.69, 9.17) is 5.11 Å². The SMILES string of the molecule is O=S(=O)(CCCCO)N1CCN(c2ccc(F)cc2)CC1. The van der Waals surface area contributed by atoms with Crippen molar-refractivity contribution in [2.45, 2.75) is 12.8 Å². The number of nitrogens with zero attached hydrogens (tertiary/aromatic N) is 2. The summed E-state index contributed by atoms with van der Waals surface area (Å²) in [6.07, 6.45) is 0.992. The Balaban J connectivity index is 1.89. The van der Waals surface area contributed by atoms with Crippen molar-refractivity contribution in [3.05, 3.63) is 30.1 Å². The summed E-state index contributed by atoms with van der Waals surface area (Å²) in [5.41, 5.74) is 0.911. The molecule has 1 aliphatic heterocycles. The van der Waals surface area contributed by atoms with Crippen LogP contribution in [-0.2, 0) is 10.0 Å². The molecule has 0 atom stereocenters. The molecule has 0 unspecified atom stereocenters. The molecular weight excluding hydrogens is 295 g/mol. The summed E-state index contributed by atoms with van der Waals surface area (Å²) in [4.78, 5) is 2.05. The number of piperazine rings is 1. The Morgan fingerprint density at radius 3 is 2.24 bits per heavy atom. The summed E-state index contributed by atoms with van der Waals surface area (Å²) in [7, 11) is -3.23. The number of aliphatic hydroxyl groups is 1. The molecule has 1 heterocycles. The Labute approximate surface area is 125 Å². The molecule has 1 aromatic carbocycles. The number of anilines is 1. The van der Waals surface area contributed by atoms with E-state index in [-0.39, 0.29) is 18.2 Å². The zero-order chi connectivity index (χ0) is 15.3. The van der Waals surface area contributed by atoms with E-state index in [1.54, 1.807) is 12.1 Å². The average Bonchev–Trinajstić information content (AvgIpc) is 2.48. The van der Waals surface area contributed by atoms with E-state index < -0.39 is 10.0 Å². The smallest absolute Gasteiger partial charge is 0.214 e. The van der Waals surface area contributed by atoms with Crippen LogP contribution in [0.2, 0.25) is 0 Å². The summed E-state index contributed by atoms with van der Waals surface area (Å²) in [5, 5.41) is 8.71. The molecule has 1 saturated heterocycles. The summed E-state index contributed by atoms with van der Waals surface area (Å²) in [6, 6.07) is 6.24. The van der Waals surface area contributed by atoms with Gasteiger partial charge in [-0.3, -0.25) is 0 Å². The van der Waals surface area contributed by atoms with Gasteiger partial charge in [-0.05, 0) is 37.1 Å². The van der Waals surface area contributed by atoms with Crippen molar-refractivity contribution in [3.63, 3.8) is 0 Å². The molecule has 1 N–H and O–H groups in total. The van der Waals surface area contributed by atoms with Crippen molar-refractivity contribution in [3.8, 4) is 0 Å². The highest BCUT2D eigenvalue weighted by atomic mass is 32.2. The molecule has 0 saturated carbocycles. The second-order valence-corrected chi connectivity index (χ2v) is 7.20. The lowest BCUT2D eigenvalue weighted by molar-refractivity contribution is 0.286. The Bertz CT molecular complexity index is 540. The van der Waals surface area contributed by atoms with Gasteiger partial charge in [0.05, 0.1) is 5.75 Å². The highest BCUT2D eigenvalue weighted by molar-refractivity contribution is 7.89. The van der Waals surface area contributed by atoms with Crippen LogP contribution in [0.25, 0.3) is 0 Å². The molecule has 7 heteroatoms. The average molecular weight is 316 g/mol. The van der Waals surface area contributed by atoms with Crippen LogP contribution in [0.3, 0.4) is 0 Å². The Morgan fingerprint density at radius 2 is 1.67 bits per heavy atom. The molecule has 0 bridgehead atoms. The predicted octanol–water partition coefficient (Wildman–Crippen LogP) is 1.05. The number of rotatable bonds is 6. The van der Waals surface area contributed by atoms with Crippen molar-refractivity contribution < 1.29 is 17.9 Å². The maximum absolute atomic E-state index is 12.9. The second kappa shape index (κ2) is 7.20. The van der Waals surface area contributed by atoms with Crippen LogP contribution in [-0.4, -0.2) is 56.4 Å². The monoisotopic (exact) mass is 316 g/mol. The van der Waals surface area contributed by atoms with E-state index in [0.717, 1.165) is 5.69 Å². The fourth-order valence-electron chi connectivity index (χ4n) is 2.40. The van der Waals surface area contributed by atoms with E-state index in [1.165, 1.54) is 16.4 Å². The van der Waals surface area contributed by atoms with Crippen LogP contribution in [0.4, 0.5) is 10.1 Å². The second-order valence-electron chi connectivity index (χ2n) is 5.11. The topological polar surface area (TPSA) is 60.9 Å². The minimum atomic E-state index is -3.23. The van der Waals surface area contributed by atoms with Crippen molar-refractivity contribution in [1.82, 2.24) is 4.31 Å². The lowest BCUT2D eigenvalue weighted by Gasteiger charge is -2.35. The molecule has 0 spiro atoms. The zero-order valence-electron chi connectivity index (χ0n) is 11.9. The lowest BCUT2D eigenvalue weighted by Crippen LogP contribution is -2.49. The van der Waals surface area contributed by atoms with Gasteiger partial charge < -0.3 is 10.0 Å². The Kier molecular flexibility index (Phi) is 5.55. The number of unbranched alkanes of at least 4 members (excludes halogenated alkanes) is 1. The molecule has 1 aliphatic rings. The van der Waals surface area contributed by atoms with Crippen molar-refractivity contribution in [2.24, 2.45) is 0 Å². The highest BCUT2D eigenvalue weighted by Gasteiger charge is 2.26. The number of hydrogen-bond acceptors (Lipinski definition) is 4. The van der Waals surface area contributed by atoms with E-state index in [2.05, 4.69) is 4.90 Å². The van der Waals surface area contributed by atoms with Crippen LogP contribution in [0.15, 0.2) is 24.3 Å². The third-order valence-electron chi connectivity index (χ3n) is 3.63. The molecule has 0 aromatic heterocycles. The number of hydrogen-bond donors (Lipinski definition) is 1. The lowest BCUT2D eigenvalue weighted by atomic mass is 10.2. The molecule has 1 fully saturated rings. The number of sulfonamides is 1. The normalized spacial score (nSPS) is 17.1. The first-order chi connectivity index (χ1) is 10.0. The predicted molar refractivity (Wildman–Crippen MR) is 80.3 cm³/mol. The molecule has 1 aromatic rings. The van der Waals surface area contributed by atoms with Gasteiger partial charge in [-0.15, -0.1) is 0 Å². The summed E-state index contributed by atoms with van der Waals surface area (Å²) in [6.45, 7) is 2.11. The Hall–Kier alpha value is -1.18. The van der Waals surface area contributed by atoms with Gasteiger partial charge in [0.2, 0.25) is 10.0 Å². The van der Waals surface area contributed by atoms with Crippen molar-refractivity contribution in [1.29, 1.82) is 0 Å². The minimum Gasteiger partial charge on any atom is -0.396 e. The van der Waals surface area contributed by atoms with Crippen molar-refractivity contribution in [2.75, 3.05) is 43.4 Å². The minimum absolute atomic E-state index is 0.0217. The van der Waals surface area contributed by atoms with E-state index in [1.807, 2.05) is 0 Å². The Morgan fingerprint density at radius 1 is 1.05 bits per heavy atom. The van der Waals surface area contributed by atoms with Gasteiger partial charge >= 0.3 is 0 Å². The highest BCUT2D eigenvalue weighted by Crippen LogP contribution is 2.18. The molecule has 118 valence electrons. The first-order valence-electron chi connectivity index (χ1n) is 7.12. The molecule has 2 rings (SSSR count). The first kappa shape index (κ1) is 16.2. The van der Waals surface area contributed by atoms with E-state index in [9.17, 15) is 12.8 Å². The van der Waals surface area contributed by atoms with Gasteiger partial charge in [-0.1, -0.05) is 0 Å². The van der Waals surface area contributed by atoms with Crippen LogP contribution >= 0.6 is 0 Å². The van der Waals surface area contributed by atoms with Crippen LogP contribution < -0.4 is 4.90 Å². The summed E-state index contributed by atoms with van der Waals surface area (Å²) < 4.78 is 38.6. The largest absolute Gasteiger partial charge is 0.396 e. The molecule has 5 nitrogen and oxygen atoms in total. The third-order valence-corrected chi connectivity index (χ3v) is 5.59. The van der Waals surface area contributed by atoms with Crippen molar-refractivity contribution >= 4 is 15.7 Å². The number of halogens is 1. The van der Waals surface area contributed by atoms with Gasteiger partial charge in [0, 0.05) is 38.5 Å². The van der Waals surface area contributed by atoms with Gasteiger partial charge in [-0.25, -0.2) is 12.8 Å². The first-order valence-corrected chi connectivity index (χ1v) is 8.73. The standard InChI is InChI=1S/C14H21FN2O3S/c15-13-3-5-14(6-4-13)16-7-9-17(10-8-16)21(19,20)12-2-1-11-18/h3-6,18H,1-2,7-12H2. The zero-order valence-corrected chi connectivity index (χ0v) is 12.7. The third kappa shape index (κ3) is 4.39. The van der Waals surface area contributed by atoms with Crippen LogP contribution in [0.1, 0.15) is 12.8 Å². The number of benzene rings is 1. The van der Waals surface area contributed by atoms with Gasteiger partial charge in [0.25, 0.3) is 0 Å².